The zero-order valence-corrected chi connectivity index (χ0v) is 20.5. The lowest BCUT2D eigenvalue weighted by Gasteiger charge is -2.21. The van der Waals surface area contributed by atoms with E-state index < -0.39 is 0 Å². The lowest BCUT2D eigenvalue weighted by molar-refractivity contribution is -0.118. The highest BCUT2D eigenvalue weighted by Crippen LogP contribution is 2.36. The Bertz CT molecular complexity index is 994. The molecule has 0 aliphatic rings. The van der Waals surface area contributed by atoms with Crippen LogP contribution in [0.1, 0.15) is 28.7 Å². The molecule has 0 saturated heterocycles. The number of nitrogens with zero attached hydrogens (tertiary/aromatic N) is 3. The number of halogens is 2. The number of amides is 1. The van der Waals surface area contributed by atoms with E-state index in [1.165, 1.54) is 16.9 Å². The highest BCUT2D eigenvalue weighted by Gasteiger charge is 2.22. The second-order valence-electron chi connectivity index (χ2n) is 7.85. The van der Waals surface area contributed by atoms with Crippen molar-refractivity contribution in [1.82, 2.24) is 9.88 Å². The van der Waals surface area contributed by atoms with E-state index in [-0.39, 0.29) is 18.3 Å². The molecule has 0 unspecified atom stereocenters. The summed E-state index contributed by atoms with van der Waals surface area (Å²) in [5.41, 5.74) is 5.37. The van der Waals surface area contributed by atoms with Gasteiger partial charge in [-0.1, -0.05) is 52.8 Å². The minimum atomic E-state index is 0. The number of carbonyl (C=O) groups excluding carboxylic acids is 1. The van der Waals surface area contributed by atoms with Crippen LogP contribution in [0.4, 0.5) is 5.13 Å². The van der Waals surface area contributed by atoms with E-state index in [0.29, 0.717) is 18.0 Å². The first-order chi connectivity index (χ1) is 13.8. The summed E-state index contributed by atoms with van der Waals surface area (Å²) < 4.78 is 0.943. The molecule has 0 atom stereocenters. The fourth-order valence-electron chi connectivity index (χ4n) is 3.38. The van der Waals surface area contributed by atoms with Crippen LogP contribution in [0.3, 0.4) is 0 Å². The van der Waals surface area contributed by atoms with Gasteiger partial charge in [-0.05, 0) is 70.6 Å². The Balaban J connectivity index is 0.00000320. The molecule has 3 rings (SSSR count). The molecule has 0 aliphatic heterocycles. The van der Waals surface area contributed by atoms with Gasteiger partial charge in [-0.15, -0.1) is 12.4 Å². The molecule has 1 aromatic heterocycles. The molecule has 0 saturated carbocycles. The Hall–Kier alpha value is -1.66. The first kappa shape index (κ1) is 24.6. The molecule has 1 heterocycles. The molecule has 0 spiro atoms. The van der Waals surface area contributed by atoms with Crippen LogP contribution in [0.25, 0.3) is 10.2 Å². The maximum Gasteiger partial charge on any atom is 0.233 e. The van der Waals surface area contributed by atoms with Crippen LogP contribution >= 0.6 is 35.3 Å². The number of hydrogen-bond donors (Lipinski definition) is 0. The van der Waals surface area contributed by atoms with E-state index in [2.05, 4.69) is 36.9 Å². The Morgan fingerprint density at radius 3 is 2.43 bits per heavy atom. The van der Waals surface area contributed by atoms with Crippen molar-refractivity contribution >= 4 is 56.6 Å². The van der Waals surface area contributed by atoms with Crippen molar-refractivity contribution in [2.24, 2.45) is 0 Å². The summed E-state index contributed by atoms with van der Waals surface area (Å²) in [5, 5.41) is 1.41. The molecule has 0 bridgehead atoms. The third-order valence-corrected chi connectivity index (χ3v) is 6.58. The molecule has 0 aliphatic carbocycles. The van der Waals surface area contributed by atoms with Crippen molar-refractivity contribution in [3.8, 4) is 0 Å². The quantitative estimate of drug-likeness (QED) is 0.440. The van der Waals surface area contributed by atoms with Crippen molar-refractivity contribution in [2.75, 3.05) is 32.1 Å². The highest BCUT2D eigenvalue weighted by molar-refractivity contribution is 7.23. The normalized spacial score (nSPS) is 11.0. The predicted molar refractivity (Wildman–Crippen MR) is 132 cm³/mol. The van der Waals surface area contributed by atoms with Crippen molar-refractivity contribution in [2.45, 2.75) is 33.6 Å². The topological polar surface area (TPSA) is 36.4 Å². The van der Waals surface area contributed by atoms with E-state index in [9.17, 15) is 4.79 Å². The van der Waals surface area contributed by atoms with Gasteiger partial charge in [0.25, 0.3) is 0 Å². The van der Waals surface area contributed by atoms with E-state index in [0.717, 1.165) is 45.0 Å². The number of hydrogen-bond acceptors (Lipinski definition) is 4. The van der Waals surface area contributed by atoms with Gasteiger partial charge in [0.05, 0.1) is 21.7 Å². The summed E-state index contributed by atoms with van der Waals surface area (Å²) in [7, 11) is 4.09. The molecule has 1 amide bonds. The second-order valence-corrected chi connectivity index (χ2v) is 9.23. The fraction of sp³-hybridized carbons (Fsp3) is 0.391. The van der Waals surface area contributed by atoms with Gasteiger partial charge in [0.2, 0.25) is 5.91 Å². The summed E-state index contributed by atoms with van der Waals surface area (Å²) in [6.07, 6.45) is 1.25. The Morgan fingerprint density at radius 2 is 1.80 bits per heavy atom. The standard InChI is InChI=1S/C23H28ClN3OS.ClH/c1-15-7-9-18(17(3)13-15)14-20(28)27(12-6-11-26(4)5)23-25-21-16(2)8-10-19(24)22(21)29-23;/h7-10,13H,6,11-12,14H2,1-5H3;1H. The van der Waals surface area contributed by atoms with Crippen molar-refractivity contribution in [3.05, 3.63) is 57.6 Å². The van der Waals surface area contributed by atoms with Gasteiger partial charge in [0.1, 0.15) is 0 Å². The van der Waals surface area contributed by atoms with Crippen LogP contribution in [0.5, 0.6) is 0 Å². The molecule has 0 N–H and O–H groups in total. The lowest BCUT2D eigenvalue weighted by atomic mass is 10.0. The molecule has 162 valence electrons. The summed E-state index contributed by atoms with van der Waals surface area (Å²) in [6.45, 7) is 7.71. The number of aryl methyl sites for hydroxylation is 3. The third kappa shape index (κ3) is 5.73. The summed E-state index contributed by atoms with van der Waals surface area (Å²) in [4.78, 5) is 22.1. The zero-order chi connectivity index (χ0) is 21.1. The Kier molecular flexibility index (Phi) is 8.68. The van der Waals surface area contributed by atoms with E-state index in [1.807, 2.05) is 38.1 Å². The Labute approximate surface area is 194 Å². The van der Waals surface area contributed by atoms with Crippen LogP contribution in [0.2, 0.25) is 5.02 Å². The maximum atomic E-state index is 13.3. The molecule has 3 aromatic rings. The van der Waals surface area contributed by atoms with Gasteiger partial charge in [-0.25, -0.2) is 4.98 Å². The van der Waals surface area contributed by atoms with Gasteiger partial charge < -0.3 is 4.90 Å². The average molecular weight is 466 g/mol. The van der Waals surface area contributed by atoms with E-state index in [4.69, 9.17) is 16.6 Å². The number of carbonyl (C=O) groups is 1. The zero-order valence-electron chi connectivity index (χ0n) is 18.2. The average Bonchev–Trinajstić information content (AvgIpc) is 3.10. The molecule has 0 radical (unpaired) electrons. The van der Waals surface area contributed by atoms with Crippen molar-refractivity contribution < 1.29 is 4.79 Å². The largest absolute Gasteiger partial charge is 0.309 e. The van der Waals surface area contributed by atoms with Crippen molar-refractivity contribution in [1.29, 1.82) is 0 Å². The van der Waals surface area contributed by atoms with Crippen LogP contribution in [0.15, 0.2) is 30.3 Å². The predicted octanol–water partition coefficient (Wildman–Crippen LogP) is 5.82. The highest BCUT2D eigenvalue weighted by atomic mass is 35.5. The van der Waals surface area contributed by atoms with E-state index in [1.54, 1.807) is 0 Å². The number of anilines is 1. The van der Waals surface area contributed by atoms with Gasteiger partial charge >= 0.3 is 0 Å². The van der Waals surface area contributed by atoms with Gasteiger partial charge in [-0.3, -0.25) is 9.69 Å². The van der Waals surface area contributed by atoms with Gasteiger partial charge in [0.15, 0.2) is 5.13 Å². The van der Waals surface area contributed by atoms with Crippen molar-refractivity contribution in [3.63, 3.8) is 0 Å². The molecule has 0 fully saturated rings. The van der Waals surface area contributed by atoms with Crippen LogP contribution < -0.4 is 4.90 Å². The number of fused-ring (bicyclic) bond motifs is 1. The summed E-state index contributed by atoms with van der Waals surface area (Å²) >= 11 is 7.90. The molecular formula is C23H29Cl2N3OS. The number of aromatic nitrogens is 1. The van der Waals surface area contributed by atoms with Crippen LogP contribution in [-0.4, -0.2) is 43.0 Å². The SMILES string of the molecule is Cc1ccc(CC(=O)N(CCCN(C)C)c2nc3c(C)ccc(Cl)c3s2)c(C)c1.Cl. The lowest BCUT2D eigenvalue weighted by Crippen LogP contribution is -2.34. The first-order valence-corrected chi connectivity index (χ1v) is 11.0. The molecule has 4 nitrogen and oxygen atoms in total. The molecule has 7 heteroatoms. The molecular weight excluding hydrogens is 437 g/mol. The van der Waals surface area contributed by atoms with Crippen LogP contribution in [-0.2, 0) is 11.2 Å². The summed E-state index contributed by atoms with van der Waals surface area (Å²) in [5.74, 6) is 0.0727. The minimum Gasteiger partial charge on any atom is -0.309 e. The minimum absolute atomic E-state index is 0. The summed E-state index contributed by atoms with van der Waals surface area (Å²) in [6, 6.07) is 10.1. The molecule has 30 heavy (non-hydrogen) atoms. The van der Waals surface area contributed by atoms with Gasteiger partial charge in [0, 0.05) is 6.54 Å². The third-order valence-electron chi connectivity index (χ3n) is 5.04. The number of thiazole rings is 1. The number of rotatable bonds is 7. The van der Waals surface area contributed by atoms with Crippen LogP contribution in [0, 0.1) is 20.8 Å². The number of benzene rings is 2. The Morgan fingerprint density at radius 1 is 1.07 bits per heavy atom. The van der Waals surface area contributed by atoms with E-state index >= 15 is 0 Å². The molecule has 2 aromatic carbocycles. The smallest absolute Gasteiger partial charge is 0.233 e. The fourth-order valence-corrected chi connectivity index (χ4v) is 4.74. The van der Waals surface area contributed by atoms with Gasteiger partial charge in [-0.2, -0.15) is 0 Å². The maximum absolute atomic E-state index is 13.3. The second kappa shape index (κ2) is 10.6. The monoisotopic (exact) mass is 465 g/mol. The first-order valence-electron chi connectivity index (χ1n) is 9.83.